The third kappa shape index (κ3) is 3.27. The largest absolute Gasteiger partial charge is 0.273 e. The van der Waals surface area contributed by atoms with Crippen LogP contribution in [0.25, 0.3) is 0 Å². The van der Waals surface area contributed by atoms with Gasteiger partial charge in [0.2, 0.25) is 0 Å². The van der Waals surface area contributed by atoms with Crippen molar-refractivity contribution >= 4 is 50.5 Å². The van der Waals surface area contributed by atoms with Crippen LogP contribution in [0.5, 0.6) is 0 Å². The monoisotopic (exact) mass is 335 g/mol. The molecule has 2 rings (SSSR count). The van der Waals surface area contributed by atoms with Crippen molar-refractivity contribution in [2.45, 2.75) is 4.21 Å². The fourth-order valence-electron chi connectivity index (χ4n) is 1.29. The number of amides is 1. The Bertz CT molecular complexity index is 712. The van der Waals surface area contributed by atoms with Crippen LogP contribution in [0, 0.1) is 0 Å². The zero-order valence-electron chi connectivity index (χ0n) is 9.26. The summed E-state index contributed by atoms with van der Waals surface area (Å²) in [7, 11) is -3.84. The number of carbonyl (C=O) groups excluding carboxylic acids is 1. The van der Waals surface area contributed by atoms with Crippen molar-refractivity contribution in [2.24, 2.45) is 0 Å². The van der Waals surface area contributed by atoms with E-state index >= 15 is 0 Å². The summed E-state index contributed by atoms with van der Waals surface area (Å²) in [5.74, 6) is -0.757. The van der Waals surface area contributed by atoms with Gasteiger partial charge in [-0.3, -0.25) is 4.79 Å². The fourth-order valence-corrected chi connectivity index (χ4v) is 3.55. The highest BCUT2D eigenvalue weighted by atomic mass is 35.5. The van der Waals surface area contributed by atoms with Crippen LogP contribution in [-0.4, -0.2) is 14.3 Å². The van der Waals surface area contributed by atoms with Gasteiger partial charge in [0.15, 0.2) is 0 Å². The molecule has 1 N–H and O–H groups in total. The molecule has 1 aromatic carbocycles. The summed E-state index contributed by atoms with van der Waals surface area (Å²) in [5.41, 5.74) is 0.120. The Morgan fingerprint density at radius 2 is 1.89 bits per heavy atom. The number of thiophene rings is 1. The Kier molecular flexibility index (Phi) is 4.15. The lowest BCUT2D eigenvalue weighted by Gasteiger charge is -2.05. The van der Waals surface area contributed by atoms with Gasteiger partial charge in [0.25, 0.3) is 15.9 Å². The summed E-state index contributed by atoms with van der Waals surface area (Å²) in [6, 6.07) is 7.13. The predicted molar refractivity (Wildman–Crippen MR) is 75.4 cm³/mol. The van der Waals surface area contributed by atoms with Crippen LogP contribution in [0.3, 0.4) is 0 Å². The molecule has 0 saturated heterocycles. The molecular weight excluding hydrogens is 329 g/mol. The molecular formula is C11H7Cl2NO3S2. The standard InChI is InChI=1S/C11H7Cl2NO3S2/c12-8-4-3-7(6-9(8)13)11(15)14-19(16,17)10-2-1-5-18-10/h1-6H,(H,14,15). The van der Waals surface area contributed by atoms with Gasteiger partial charge in [0.1, 0.15) is 4.21 Å². The third-order valence-electron chi connectivity index (χ3n) is 2.17. The van der Waals surface area contributed by atoms with Gasteiger partial charge < -0.3 is 0 Å². The van der Waals surface area contributed by atoms with E-state index in [1.165, 1.54) is 24.3 Å². The maximum Gasteiger partial charge on any atom is 0.273 e. The molecule has 4 nitrogen and oxygen atoms in total. The lowest BCUT2D eigenvalue weighted by molar-refractivity contribution is 0.0981. The van der Waals surface area contributed by atoms with Crippen molar-refractivity contribution in [2.75, 3.05) is 0 Å². The van der Waals surface area contributed by atoms with Gasteiger partial charge in [-0.05, 0) is 29.6 Å². The van der Waals surface area contributed by atoms with Crippen LogP contribution in [0.1, 0.15) is 10.4 Å². The van der Waals surface area contributed by atoms with E-state index in [1.54, 1.807) is 11.4 Å². The molecule has 0 bridgehead atoms. The van der Waals surface area contributed by atoms with Gasteiger partial charge in [-0.25, -0.2) is 13.1 Å². The summed E-state index contributed by atoms with van der Waals surface area (Å²) in [5, 5.41) is 2.08. The highest BCUT2D eigenvalue weighted by molar-refractivity contribution is 7.92. The Morgan fingerprint density at radius 3 is 2.47 bits per heavy atom. The number of halogens is 2. The molecule has 0 fully saturated rings. The first-order valence-corrected chi connectivity index (χ1v) is 8.08. The first-order chi connectivity index (χ1) is 8.90. The van der Waals surface area contributed by atoms with Crippen molar-refractivity contribution in [1.29, 1.82) is 0 Å². The normalized spacial score (nSPS) is 11.3. The van der Waals surface area contributed by atoms with Crippen molar-refractivity contribution in [1.82, 2.24) is 4.72 Å². The molecule has 0 unspecified atom stereocenters. The van der Waals surface area contributed by atoms with E-state index in [4.69, 9.17) is 23.2 Å². The van der Waals surface area contributed by atoms with Gasteiger partial charge in [0.05, 0.1) is 10.0 Å². The summed E-state index contributed by atoms with van der Waals surface area (Å²) in [6.45, 7) is 0. The first kappa shape index (κ1) is 14.3. The Morgan fingerprint density at radius 1 is 1.16 bits per heavy atom. The lowest BCUT2D eigenvalue weighted by atomic mass is 10.2. The molecule has 19 heavy (non-hydrogen) atoms. The Hall–Kier alpha value is -1.08. The van der Waals surface area contributed by atoms with E-state index in [1.807, 2.05) is 4.72 Å². The van der Waals surface area contributed by atoms with Crippen LogP contribution in [0.2, 0.25) is 10.0 Å². The molecule has 1 amide bonds. The van der Waals surface area contributed by atoms with Gasteiger partial charge in [0, 0.05) is 5.56 Å². The smallest absolute Gasteiger partial charge is 0.268 e. The van der Waals surface area contributed by atoms with Crippen LogP contribution in [-0.2, 0) is 10.0 Å². The van der Waals surface area contributed by atoms with Gasteiger partial charge in [-0.1, -0.05) is 29.3 Å². The molecule has 2 aromatic rings. The minimum atomic E-state index is -3.84. The molecule has 0 aliphatic carbocycles. The zero-order chi connectivity index (χ0) is 14.0. The second-order valence-corrected chi connectivity index (χ2v) is 7.17. The fraction of sp³-hybridized carbons (Fsp3) is 0. The third-order valence-corrected chi connectivity index (χ3v) is 5.64. The Labute approximate surface area is 124 Å². The predicted octanol–water partition coefficient (Wildman–Crippen LogP) is 3.17. The maximum absolute atomic E-state index is 11.8. The van der Waals surface area contributed by atoms with E-state index in [2.05, 4.69) is 0 Å². The highest BCUT2D eigenvalue weighted by Crippen LogP contribution is 2.23. The van der Waals surface area contributed by atoms with E-state index in [0.29, 0.717) is 5.02 Å². The van der Waals surface area contributed by atoms with Gasteiger partial charge in [-0.2, -0.15) is 0 Å². The molecule has 0 radical (unpaired) electrons. The first-order valence-electron chi connectivity index (χ1n) is 4.96. The summed E-state index contributed by atoms with van der Waals surface area (Å²) >= 11 is 12.5. The topological polar surface area (TPSA) is 63.2 Å². The van der Waals surface area contributed by atoms with Gasteiger partial charge in [-0.15, -0.1) is 11.3 Å². The molecule has 1 heterocycles. The maximum atomic E-state index is 11.8. The molecule has 100 valence electrons. The Balaban J connectivity index is 2.24. The molecule has 0 spiro atoms. The van der Waals surface area contributed by atoms with E-state index < -0.39 is 15.9 Å². The van der Waals surface area contributed by atoms with Crippen LogP contribution in [0.4, 0.5) is 0 Å². The molecule has 0 saturated carbocycles. The number of hydrogen-bond acceptors (Lipinski definition) is 4. The van der Waals surface area contributed by atoms with Crippen LogP contribution < -0.4 is 4.72 Å². The lowest BCUT2D eigenvalue weighted by Crippen LogP contribution is -2.30. The summed E-state index contributed by atoms with van der Waals surface area (Å²) < 4.78 is 25.7. The number of rotatable bonds is 3. The zero-order valence-corrected chi connectivity index (χ0v) is 12.4. The summed E-state index contributed by atoms with van der Waals surface area (Å²) in [4.78, 5) is 11.8. The van der Waals surface area contributed by atoms with Crippen molar-refractivity contribution in [3.8, 4) is 0 Å². The molecule has 8 heteroatoms. The molecule has 0 atom stereocenters. The molecule has 0 aliphatic rings. The van der Waals surface area contributed by atoms with Crippen LogP contribution in [0.15, 0.2) is 39.9 Å². The second kappa shape index (κ2) is 5.50. The number of benzene rings is 1. The quantitative estimate of drug-likeness (QED) is 0.936. The number of carbonyl (C=O) groups is 1. The van der Waals surface area contributed by atoms with Crippen molar-refractivity contribution < 1.29 is 13.2 Å². The van der Waals surface area contributed by atoms with E-state index in [9.17, 15) is 13.2 Å². The number of sulfonamides is 1. The number of nitrogens with one attached hydrogen (secondary N) is 1. The second-order valence-electron chi connectivity index (χ2n) is 3.50. The van der Waals surface area contributed by atoms with Crippen LogP contribution >= 0.6 is 34.5 Å². The minimum absolute atomic E-state index is 0.0703. The average molecular weight is 336 g/mol. The number of hydrogen-bond donors (Lipinski definition) is 1. The highest BCUT2D eigenvalue weighted by Gasteiger charge is 2.19. The van der Waals surface area contributed by atoms with E-state index in [-0.39, 0.29) is 14.8 Å². The molecule has 1 aromatic heterocycles. The summed E-state index contributed by atoms with van der Waals surface area (Å²) in [6.07, 6.45) is 0. The van der Waals surface area contributed by atoms with Crippen molar-refractivity contribution in [3.05, 3.63) is 51.3 Å². The van der Waals surface area contributed by atoms with E-state index in [0.717, 1.165) is 11.3 Å². The van der Waals surface area contributed by atoms with Crippen molar-refractivity contribution in [3.63, 3.8) is 0 Å². The SMILES string of the molecule is O=C(NS(=O)(=O)c1cccs1)c1ccc(Cl)c(Cl)c1. The molecule has 0 aliphatic heterocycles. The average Bonchev–Trinajstić information content (AvgIpc) is 2.86. The van der Waals surface area contributed by atoms with Gasteiger partial charge >= 0.3 is 0 Å². The minimum Gasteiger partial charge on any atom is -0.268 e.